The minimum absolute atomic E-state index is 0.293. The van der Waals surface area contributed by atoms with Gasteiger partial charge >= 0.3 is 8.80 Å². The molecule has 0 saturated heterocycles. The molecule has 2 atom stereocenters. The summed E-state index contributed by atoms with van der Waals surface area (Å²) in [7, 11) is 1.46. The predicted molar refractivity (Wildman–Crippen MR) is 74.5 cm³/mol. The van der Waals surface area contributed by atoms with Crippen LogP contribution in [-0.4, -0.2) is 52.9 Å². The molecule has 0 spiro atoms. The maximum absolute atomic E-state index is 11.8. The largest absolute Gasteiger partial charge is 0.524 e. The van der Waals surface area contributed by atoms with Gasteiger partial charge in [-0.2, -0.15) is 0 Å². The summed E-state index contributed by atoms with van der Waals surface area (Å²) in [5.41, 5.74) is -0.731. The van der Waals surface area contributed by atoms with Gasteiger partial charge in [0.2, 0.25) is 5.91 Å². The second-order valence-corrected chi connectivity index (χ2v) is 8.18. The second kappa shape index (κ2) is 7.35. The molecule has 0 aliphatic carbocycles. The lowest BCUT2D eigenvalue weighted by Crippen LogP contribution is -2.67. The minimum Gasteiger partial charge on any atom is -0.384 e. The Balaban J connectivity index is 5.44. The highest BCUT2D eigenvalue weighted by atomic mass is 28.4. The van der Waals surface area contributed by atoms with E-state index in [9.17, 15) is 9.90 Å². The molecule has 1 amide bonds. The van der Waals surface area contributed by atoms with Gasteiger partial charge in [0, 0.05) is 21.3 Å². The van der Waals surface area contributed by atoms with Crippen LogP contribution in [0.4, 0.5) is 0 Å². The van der Waals surface area contributed by atoms with Crippen molar-refractivity contribution in [2.24, 2.45) is 5.41 Å². The van der Waals surface area contributed by atoms with Gasteiger partial charge in [-0.3, -0.25) is 4.79 Å². The van der Waals surface area contributed by atoms with E-state index in [2.05, 4.69) is 5.32 Å². The number of rotatable bonds is 8. The molecule has 0 aliphatic rings. The summed E-state index contributed by atoms with van der Waals surface area (Å²) in [5.74, 6) is -0.463. The van der Waals surface area contributed by atoms with Crippen LogP contribution in [0.15, 0.2) is 0 Å². The quantitative estimate of drug-likeness (QED) is 0.644. The molecule has 0 bridgehead atoms. The van der Waals surface area contributed by atoms with Crippen molar-refractivity contribution in [3.8, 4) is 0 Å². The lowest BCUT2D eigenvalue weighted by Gasteiger charge is -2.42. The number of carbonyl (C=O) groups is 1. The summed E-state index contributed by atoms with van der Waals surface area (Å²) >= 11 is 0. The zero-order valence-electron chi connectivity index (χ0n) is 12.9. The molecule has 0 radical (unpaired) electrons. The van der Waals surface area contributed by atoms with Crippen LogP contribution < -0.4 is 5.32 Å². The van der Waals surface area contributed by atoms with Crippen molar-refractivity contribution in [3.05, 3.63) is 0 Å². The Morgan fingerprint density at radius 3 is 1.95 bits per heavy atom. The molecule has 6 nitrogen and oxygen atoms in total. The van der Waals surface area contributed by atoms with E-state index >= 15 is 0 Å². The van der Waals surface area contributed by atoms with Crippen LogP contribution in [0, 0.1) is 5.41 Å². The van der Waals surface area contributed by atoms with E-state index in [1.165, 1.54) is 28.3 Å². The summed E-state index contributed by atoms with van der Waals surface area (Å²) in [6.07, 6.45) is -0.296. The molecule has 7 heteroatoms. The maximum Gasteiger partial charge on any atom is 0.524 e. The van der Waals surface area contributed by atoms with Gasteiger partial charge in [-0.05, 0) is 18.8 Å². The normalized spacial score (nSPS) is 16.0. The number of hydrogen-bond acceptors (Lipinski definition) is 5. The van der Waals surface area contributed by atoms with Gasteiger partial charge in [0.15, 0.2) is 0 Å². The zero-order valence-corrected chi connectivity index (χ0v) is 13.9. The third-order valence-corrected chi connectivity index (χ3v) is 6.91. The van der Waals surface area contributed by atoms with Crippen LogP contribution >= 0.6 is 0 Å². The summed E-state index contributed by atoms with van der Waals surface area (Å²) in [5, 5.41) is 12.2. The van der Waals surface area contributed by atoms with Gasteiger partial charge in [-0.1, -0.05) is 20.8 Å². The Morgan fingerprint density at radius 1 is 1.26 bits per heavy atom. The van der Waals surface area contributed by atoms with Crippen molar-refractivity contribution < 1.29 is 23.2 Å². The van der Waals surface area contributed by atoms with Crippen molar-refractivity contribution in [1.29, 1.82) is 0 Å². The fourth-order valence-electron chi connectivity index (χ4n) is 1.83. The van der Waals surface area contributed by atoms with Crippen LogP contribution in [-0.2, 0) is 18.1 Å². The van der Waals surface area contributed by atoms with Crippen molar-refractivity contribution in [2.45, 2.75) is 45.9 Å². The van der Waals surface area contributed by atoms with E-state index in [0.717, 1.165) is 6.42 Å². The van der Waals surface area contributed by atoms with E-state index < -0.39 is 26.5 Å². The first-order valence-electron chi connectivity index (χ1n) is 6.34. The average molecular weight is 293 g/mol. The molecule has 0 aromatic carbocycles. The molecule has 0 rings (SSSR count). The Hall–Kier alpha value is -0.473. The van der Waals surface area contributed by atoms with E-state index in [-0.39, 0.29) is 5.41 Å². The van der Waals surface area contributed by atoms with E-state index in [0.29, 0.717) is 0 Å². The number of amides is 1. The molecule has 2 N–H and O–H groups in total. The molecule has 0 heterocycles. The van der Waals surface area contributed by atoms with Crippen molar-refractivity contribution >= 4 is 14.7 Å². The number of aliphatic hydroxyl groups excluding tert-OH is 1. The molecule has 114 valence electrons. The summed E-state index contributed by atoms with van der Waals surface area (Å²) in [4.78, 5) is 11.8. The van der Waals surface area contributed by atoms with E-state index in [4.69, 9.17) is 13.3 Å². The molecule has 0 aromatic heterocycles. The number of nitrogens with one attached hydrogen (secondary N) is 1. The third kappa shape index (κ3) is 4.25. The van der Waals surface area contributed by atoms with Crippen LogP contribution in [0.25, 0.3) is 0 Å². The summed E-state index contributed by atoms with van der Waals surface area (Å²) in [6, 6.07) is 0. The monoisotopic (exact) mass is 293 g/mol. The molecular formula is C12H27NO5Si. The molecule has 0 saturated carbocycles. The van der Waals surface area contributed by atoms with Crippen LogP contribution in [0.1, 0.15) is 34.1 Å². The highest BCUT2D eigenvalue weighted by Crippen LogP contribution is 2.32. The first kappa shape index (κ1) is 18.5. The summed E-state index contributed by atoms with van der Waals surface area (Å²) in [6.45, 7) is 7.43. The fraction of sp³-hybridized carbons (Fsp3) is 0.917. The zero-order chi connectivity index (χ0) is 15.3. The number of aliphatic hydroxyl groups is 1. The first-order valence-corrected chi connectivity index (χ1v) is 8.14. The molecule has 2 unspecified atom stereocenters. The van der Waals surface area contributed by atoms with Crippen molar-refractivity contribution in [1.82, 2.24) is 5.32 Å². The molecule has 19 heavy (non-hydrogen) atoms. The average Bonchev–Trinajstić information content (AvgIpc) is 2.39. The van der Waals surface area contributed by atoms with Gasteiger partial charge in [0.25, 0.3) is 0 Å². The fourth-order valence-corrected chi connectivity index (χ4v) is 4.52. The molecule has 0 aliphatic heterocycles. The summed E-state index contributed by atoms with van der Waals surface area (Å²) < 4.78 is 16.4. The Kier molecular flexibility index (Phi) is 7.16. The third-order valence-electron chi connectivity index (χ3n) is 3.57. The lowest BCUT2D eigenvalue weighted by molar-refractivity contribution is -0.130. The van der Waals surface area contributed by atoms with Crippen LogP contribution in [0.2, 0.25) is 0 Å². The predicted octanol–water partition coefficient (Wildman–Crippen LogP) is 0.705. The van der Waals surface area contributed by atoms with Crippen LogP contribution in [0.5, 0.6) is 0 Å². The topological polar surface area (TPSA) is 77.0 Å². The van der Waals surface area contributed by atoms with Crippen molar-refractivity contribution in [3.63, 3.8) is 0 Å². The lowest BCUT2D eigenvalue weighted by atomic mass is 9.89. The van der Waals surface area contributed by atoms with Crippen LogP contribution in [0.3, 0.4) is 0 Å². The number of carbonyl (C=O) groups excluding carboxylic acids is 1. The van der Waals surface area contributed by atoms with Gasteiger partial charge in [-0.15, -0.1) is 0 Å². The standard InChI is InChI=1S/C12H27NO5Si/c1-8-12(3,4)11(13-10(15)9(2)14)19(16-5,17-6)18-7/h9,11,14H,8H2,1-7H3,(H,13,15). The molecule has 0 aromatic rings. The van der Waals surface area contributed by atoms with E-state index in [1.54, 1.807) is 0 Å². The Bertz CT molecular complexity index is 284. The van der Waals surface area contributed by atoms with Gasteiger partial charge < -0.3 is 23.7 Å². The Morgan fingerprint density at radius 2 is 1.68 bits per heavy atom. The maximum atomic E-state index is 11.8. The SMILES string of the molecule is CCC(C)(C)C(NC(=O)C(C)O)[Si](OC)(OC)OC. The van der Waals surface area contributed by atoms with Gasteiger partial charge in [0.05, 0.1) is 0 Å². The smallest absolute Gasteiger partial charge is 0.384 e. The van der Waals surface area contributed by atoms with Crippen molar-refractivity contribution in [2.75, 3.05) is 21.3 Å². The number of hydrogen-bond donors (Lipinski definition) is 2. The second-order valence-electron chi connectivity index (χ2n) is 5.18. The highest BCUT2D eigenvalue weighted by Gasteiger charge is 2.54. The Labute approximate surface area is 116 Å². The van der Waals surface area contributed by atoms with E-state index in [1.807, 2.05) is 20.8 Å². The first-order chi connectivity index (χ1) is 8.70. The highest BCUT2D eigenvalue weighted by molar-refractivity contribution is 6.62. The molecular weight excluding hydrogens is 266 g/mol. The van der Waals surface area contributed by atoms with Gasteiger partial charge in [0.1, 0.15) is 11.8 Å². The van der Waals surface area contributed by atoms with Gasteiger partial charge in [-0.25, -0.2) is 0 Å². The minimum atomic E-state index is -3.05. The molecule has 0 fully saturated rings.